The van der Waals surface area contributed by atoms with E-state index in [1.165, 1.54) is 32.4 Å². The van der Waals surface area contributed by atoms with Gasteiger partial charge in [0.05, 0.1) is 0 Å². The Morgan fingerprint density at radius 2 is 2.40 bits per heavy atom. The molecule has 0 aromatic carbocycles. The average Bonchev–Trinajstić information content (AvgIpc) is 1.99. The molecule has 0 aromatic rings. The van der Waals surface area contributed by atoms with Crippen molar-refractivity contribution in [3.05, 3.63) is 5.92 Å². The van der Waals surface area contributed by atoms with Gasteiger partial charge in [0, 0.05) is 6.54 Å². The number of hydrogen-bond acceptors (Lipinski definition) is 1. The van der Waals surface area contributed by atoms with E-state index in [9.17, 15) is 0 Å². The van der Waals surface area contributed by atoms with Crippen LogP contribution in [0.1, 0.15) is 26.2 Å². The van der Waals surface area contributed by atoms with E-state index in [4.69, 9.17) is 0 Å². The number of fused-ring (bicyclic) bond motifs is 2. The third-order valence-electron chi connectivity index (χ3n) is 3.09. The van der Waals surface area contributed by atoms with Crippen molar-refractivity contribution in [2.45, 2.75) is 26.2 Å². The number of piperidine rings is 1. The number of nitrogens with one attached hydrogen (secondary N) is 1. The molecule has 2 unspecified atom stereocenters. The van der Waals surface area contributed by atoms with E-state index in [0.29, 0.717) is 0 Å². The van der Waals surface area contributed by atoms with E-state index in [-0.39, 0.29) is 0 Å². The van der Waals surface area contributed by atoms with Gasteiger partial charge in [0.25, 0.3) is 0 Å². The van der Waals surface area contributed by atoms with E-state index in [1.54, 1.807) is 5.92 Å². The van der Waals surface area contributed by atoms with Gasteiger partial charge in [-0.15, -0.1) is 0 Å². The highest BCUT2D eigenvalue weighted by Crippen LogP contribution is 2.36. The van der Waals surface area contributed by atoms with Crippen LogP contribution in [0.2, 0.25) is 0 Å². The fraction of sp³-hybridized carbons (Fsp3) is 0.889. The Morgan fingerprint density at radius 1 is 1.50 bits per heavy atom. The first-order valence-corrected chi connectivity index (χ1v) is 4.40. The molecule has 1 heteroatoms. The maximum Gasteiger partial charge on any atom is 0.00138 e. The minimum Gasteiger partial charge on any atom is -0.316 e. The fourth-order valence-electron chi connectivity index (χ4n) is 2.21. The van der Waals surface area contributed by atoms with E-state index in [2.05, 4.69) is 12.2 Å². The lowest BCUT2D eigenvalue weighted by Crippen LogP contribution is -2.41. The van der Waals surface area contributed by atoms with Crippen molar-refractivity contribution < 1.29 is 0 Å². The summed E-state index contributed by atoms with van der Waals surface area (Å²) < 4.78 is 0. The van der Waals surface area contributed by atoms with E-state index in [0.717, 1.165) is 11.8 Å². The van der Waals surface area contributed by atoms with Gasteiger partial charge in [-0.1, -0.05) is 6.92 Å². The molecule has 1 nitrogen and oxygen atoms in total. The Balaban J connectivity index is 2.00. The molecule has 1 saturated heterocycles. The second-order valence-corrected chi connectivity index (χ2v) is 3.86. The predicted molar refractivity (Wildman–Crippen MR) is 42.6 cm³/mol. The summed E-state index contributed by atoms with van der Waals surface area (Å²) in [5, 5.41) is 3.48. The Labute approximate surface area is 63.2 Å². The summed E-state index contributed by atoms with van der Waals surface area (Å²) in [6.07, 6.45) is 4.26. The molecule has 10 heavy (non-hydrogen) atoms. The molecule has 1 aliphatic carbocycles. The lowest BCUT2D eigenvalue weighted by atomic mass is 9.73. The van der Waals surface area contributed by atoms with Crippen LogP contribution in [-0.4, -0.2) is 13.1 Å². The molecule has 2 rings (SSSR count). The van der Waals surface area contributed by atoms with Crippen molar-refractivity contribution in [3.8, 4) is 0 Å². The molecule has 2 fully saturated rings. The summed E-state index contributed by atoms with van der Waals surface area (Å²) in [6.45, 7) is 4.88. The zero-order chi connectivity index (χ0) is 6.97. The highest BCUT2D eigenvalue weighted by atomic mass is 14.9. The molecule has 0 spiro atoms. The lowest BCUT2D eigenvalue weighted by Gasteiger charge is -2.38. The zero-order valence-corrected chi connectivity index (χ0v) is 6.69. The Bertz CT molecular complexity index is 120. The first-order valence-electron chi connectivity index (χ1n) is 4.40. The van der Waals surface area contributed by atoms with Crippen LogP contribution in [0.25, 0.3) is 0 Å². The standard InChI is InChI=1S/C9H16N/c1-7-2-3-8-4-9(7)6-10-5-8/h7,9-10H,2-6H2,1H3. The molecule has 57 valence electrons. The van der Waals surface area contributed by atoms with Gasteiger partial charge in [-0.3, -0.25) is 0 Å². The van der Waals surface area contributed by atoms with Crippen LogP contribution in [0, 0.1) is 17.8 Å². The summed E-state index contributed by atoms with van der Waals surface area (Å²) in [4.78, 5) is 0. The largest absolute Gasteiger partial charge is 0.316 e. The third kappa shape index (κ3) is 1.07. The third-order valence-corrected chi connectivity index (χ3v) is 3.09. The van der Waals surface area contributed by atoms with E-state index < -0.39 is 0 Å². The molecule has 1 aliphatic heterocycles. The number of hydrogen-bond donors (Lipinski definition) is 1. The zero-order valence-electron chi connectivity index (χ0n) is 6.69. The molecule has 0 aromatic heterocycles. The highest BCUT2D eigenvalue weighted by molar-refractivity contribution is 5.02. The molecule has 0 amide bonds. The molecule has 2 aliphatic rings. The van der Waals surface area contributed by atoms with Gasteiger partial charge >= 0.3 is 0 Å². The van der Waals surface area contributed by atoms with Gasteiger partial charge < -0.3 is 5.32 Å². The molecule has 2 bridgehead atoms. The van der Waals surface area contributed by atoms with Crippen molar-refractivity contribution in [2.24, 2.45) is 11.8 Å². The van der Waals surface area contributed by atoms with Crippen LogP contribution in [-0.2, 0) is 0 Å². The Hall–Kier alpha value is -0.0400. The van der Waals surface area contributed by atoms with Gasteiger partial charge in [-0.25, -0.2) is 0 Å². The maximum atomic E-state index is 3.48. The van der Waals surface area contributed by atoms with Crippen LogP contribution in [0.5, 0.6) is 0 Å². The van der Waals surface area contributed by atoms with Crippen molar-refractivity contribution in [3.63, 3.8) is 0 Å². The molecule has 2 atom stereocenters. The molecule has 1 saturated carbocycles. The fourth-order valence-corrected chi connectivity index (χ4v) is 2.21. The van der Waals surface area contributed by atoms with Crippen LogP contribution >= 0.6 is 0 Å². The quantitative estimate of drug-likeness (QED) is 0.536. The van der Waals surface area contributed by atoms with Crippen LogP contribution in [0.15, 0.2) is 0 Å². The highest BCUT2D eigenvalue weighted by Gasteiger charge is 2.30. The Kier molecular flexibility index (Phi) is 1.69. The summed E-state index contributed by atoms with van der Waals surface area (Å²) in [6, 6.07) is 0. The van der Waals surface area contributed by atoms with Crippen molar-refractivity contribution >= 4 is 0 Å². The van der Waals surface area contributed by atoms with Crippen LogP contribution in [0.3, 0.4) is 0 Å². The monoisotopic (exact) mass is 138 g/mol. The van der Waals surface area contributed by atoms with E-state index in [1.807, 2.05) is 0 Å². The normalized spacial score (nSPS) is 41.7. The Morgan fingerprint density at radius 3 is 3.20 bits per heavy atom. The van der Waals surface area contributed by atoms with Gasteiger partial charge in [-0.2, -0.15) is 0 Å². The van der Waals surface area contributed by atoms with Gasteiger partial charge in [0.15, 0.2) is 0 Å². The summed E-state index contributed by atoms with van der Waals surface area (Å²) in [5.74, 6) is 3.71. The van der Waals surface area contributed by atoms with Crippen LogP contribution in [0.4, 0.5) is 0 Å². The summed E-state index contributed by atoms with van der Waals surface area (Å²) >= 11 is 0. The van der Waals surface area contributed by atoms with Crippen LogP contribution < -0.4 is 5.32 Å². The van der Waals surface area contributed by atoms with Gasteiger partial charge in [0.2, 0.25) is 0 Å². The molecule has 1 radical (unpaired) electrons. The van der Waals surface area contributed by atoms with Crippen molar-refractivity contribution in [1.29, 1.82) is 0 Å². The predicted octanol–water partition coefficient (Wildman–Crippen LogP) is 1.60. The average molecular weight is 138 g/mol. The van der Waals surface area contributed by atoms with Gasteiger partial charge in [-0.05, 0) is 43.6 Å². The van der Waals surface area contributed by atoms with E-state index >= 15 is 0 Å². The molecular weight excluding hydrogens is 122 g/mol. The van der Waals surface area contributed by atoms with Gasteiger partial charge in [0.1, 0.15) is 0 Å². The second kappa shape index (κ2) is 2.54. The lowest BCUT2D eigenvalue weighted by molar-refractivity contribution is 0.230. The second-order valence-electron chi connectivity index (χ2n) is 3.86. The molecular formula is C9H16N. The summed E-state index contributed by atoms with van der Waals surface area (Å²) in [7, 11) is 0. The minimum atomic E-state index is 0.969. The van der Waals surface area contributed by atoms with Crippen molar-refractivity contribution in [1.82, 2.24) is 5.32 Å². The smallest absolute Gasteiger partial charge is 0.00138 e. The topological polar surface area (TPSA) is 12.0 Å². The minimum absolute atomic E-state index is 0.969. The van der Waals surface area contributed by atoms with Crippen molar-refractivity contribution in [2.75, 3.05) is 13.1 Å². The molecule has 1 heterocycles. The number of rotatable bonds is 0. The SMILES string of the molecule is CC1CC[C]2CNCC1C2. The summed E-state index contributed by atoms with van der Waals surface area (Å²) in [5.41, 5.74) is 0. The first-order chi connectivity index (χ1) is 4.86. The molecule has 1 N–H and O–H groups in total. The first kappa shape index (κ1) is 6.66. The maximum absolute atomic E-state index is 3.48.